The number of aromatic nitrogens is 1. The zero-order valence-corrected chi connectivity index (χ0v) is 21.8. The number of fused-ring (bicyclic) bond motifs is 1. The third kappa shape index (κ3) is 4.88. The molecule has 1 unspecified atom stereocenters. The van der Waals surface area contributed by atoms with E-state index < -0.39 is 0 Å². The number of pyridine rings is 1. The summed E-state index contributed by atoms with van der Waals surface area (Å²) in [5.74, 6) is -0.268. The van der Waals surface area contributed by atoms with Gasteiger partial charge in [0.2, 0.25) is 0 Å². The predicted molar refractivity (Wildman–Crippen MR) is 142 cm³/mol. The molecular weight excluding hydrogens is 454 g/mol. The number of nitrogens with zero attached hydrogens (tertiary/aromatic N) is 3. The topological polar surface area (TPSA) is 55.6 Å². The van der Waals surface area contributed by atoms with Crippen molar-refractivity contribution in [2.75, 3.05) is 57.5 Å². The summed E-state index contributed by atoms with van der Waals surface area (Å²) in [4.78, 5) is 18.0. The molecule has 2 fully saturated rings. The van der Waals surface area contributed by atoms with Gasteiger partial charge in [0, 0.05) is 55.4 Å². The summed E-state index contributed by atoms with van der Waals surface area (Å²) in [6.45, 7) is 14.6. The number of carbonyl (C=O) groups excluding carboxylic acids is 1. The van der Waals surface area contributed by atoms with E-state index in [0.29, 0.717) is 5.56 Å². The van der Waals surface area contributed by atoms with Crippen LogP contribution >= 0.6 is 0 Å². The largest absolute Gasteiger partial charge is 0.459 e. The van der Waals surface area contributed by atoms with Gasteiger partial charge in [-0.25, -0.2) is 4.79 Å². The predicted octanol–water partition coefficient (Wildman–Crippen LogP) is 4.71. The van der Waals surface area contributed by atoms with Crippen molar-refractivity contribution in [1.29, 1.82) is 0 Å². The Labute approximate surface area is 213 Å². The minimum Gasteiger partial charge on any atom is -0.459 e. The van der Waals surface area contributed by atoms with Crippen molar-refractivity contribution in [3.63, 3.8) is 0 Å². The van der Waals surface area contributed by atoms with Crippen LogP contribution < -0.4 is 4.90 Å². The molecule has 2 aliphatic heterocycles. The lowest BCUT2D eigenvalue weighted by Crippen LogP contribution is -2.39. The van der Waals surface area contributed by atoms with E-state index in [1.165, 1.54) is 5.69 Å². The summed E-state index contributed by atoms with van der Waals surface area (Å²) in [5.41, 5.74) is 7.20. The number of esters is 1. The van der Waals surface area contributed by atoms with E-state index in [1.807, 2.05) is 26.8 Å². The van der Waals surface area contributed by atoms with Crippen LogP contribution in [0, 0.1) is 6.92 Å². The number of ether oxygens (including phenoxy) is 3. The lowest BCUT2D eigenvalue weighted by Gasteiger charge is -2.34. The average molecular weight is 492 g/mol. The van der Waals surface area contributed by atoms with E-state index in [9.17, 15) is 4.79 Å². The highest BCUT2D eigenvalue weighted by molar-refractivity contribution is 5.95. The summed E-state index contributed by atoms with van der Waals surface area (Å²) >= 11 is 0. The van der Waals surface area contributed by atoms with Crippen LogP contribution in [0.4, 0.5) is 5.69 Å². The lowest BCUT2D eigenvalue weighted by atomic mass is 9.99. The zero-order valence-electron chi connectivity index (χ0n) is 21.8. The van der Waals surface area contributed by atoms with E-state index >= 15 is 0 Å². The van der Waals surface area contributed by atoms with Crippen molar-refractivity contribution in [2.45, 2.75) is 39.8 Å². The van der Waals surface area contributed by atoms with Crippen molar-refractivity contribution in [2.24, 2.45) is 0 Å². The Hall–Kier alpha value is -2.87. The molecule has 7 heteroatoms. The Kier molecular flexibility index (Phi) is 7.32. The molecule has 4 heterocycles. The highest BCUT2D eigenvalue weighted by Gasteiger charge is 2.27. The lowest BCUT2D eigenvalue weighted by molar-refractivity contribution is 0.0186. The second-order valence-electron chi connectivity index (χ2n) is 9.98. The van der Waals surface area contributed by atoms with E-state index in [4.69, 9.17) is 14.2 Å². The molecule has 7 nitrogen and oxygen atoms in total. The first-order valence-corrected chi connectivity index (χ1v) is 13.0. The van der Waals surface area contributed by atoms with Gasteiger partial charge in [0.25, 0.3) is 0 Å². The third-order valence-corrected chi connectivity index (χ3v) is 7.36. The number of anilines is 1. The molecule has 2 aromatic heterocycles. The number of carbonyl (C=O) groups is 1. The zero-order chi connectivity index (χ0) is 25.2. The van der Waals surface area contributed by atoms with Crippen LogP contribution in [0.25, 0.3) is 16.6 Å². The number of benzene rings is 1. The highest BCUT2D eigenvalue weighted by Crippen LogP contribution is 2.35. The SMILES string of the molecule is Cc1c(C(=O)OC(C)C)cc2c(-c3ccc(N4CCOCC4)cc3)ccn2c1C(C)N1CCOCC1. The van der Waals surface area contributed by atoms with Crippen LogP contribution in [0.2, 0.25) is 0 Å². The minimum absolute atomic E-state index is 0.132. The van der Waals surface area contributed by atoms with Crippen molar-refractivity contribution in [3.8, 4) is 11.1 Å². The number of hydrogen-bond acceptors (Lipinski definition) is 6. The van der Waals surface area contributed by atoms with Gasteiger partial charge >= 0.3 is 5.97 Å². The monoisotopic (exact) mass is 491 g/mol. The van der Waals surface area contributed by atoms with Crippen molar-refractivity contribution in [1.82, 2.24) is 9.30 Å². The molecule has 2 saturated heterocycles. The van der Waals surface area contributed by atoms with E-state index in [-0.39, 0.29) is 18.1 Å². The van der Waals surface area contributed by atoms with E-state index in [0.717, 1.165) is 80.5 Å². The molecule has 0 bridgehead atoms. The first-order chi connectivity index (χ1) is 17.4. The molecule has 0 saturated carbocycles. The molecule has 5 rings (SSSR count). The normalized spacial score (nSPS) is 18.1. The standard InChI is InChI=1S/C29H37N3O4/c1-20(2)36-29(33)26-19-27-25(23-5-7-24(8-6-23)31-13-17-35-18-14-31)9-10-32(27)28(21(26)3)22(4)30-11-15-34-16-12-30/h5-10,19-20,22H,11-18H2,1-4H3. The Morgan fingerprint density at radius 1 is 0.917 bits per heavy atom. The fourth-order valence-electron chi connectivity index (χ4n) is 5.42. The van der Waals surface area contributed by atoms with E-state index in [1.54, 1.807) is 0 Å². The van der Waals surface area contributed by atoms with Gasteiger partial charge < -0.3 is 23.5 Å². The Morgan fingerprint density at radius 2 is 1.56 bits per heavy atom. The Morgan fingerprint density at radius 3 is 2.19 bits per heavy atom. The number of hydrogen-bond donors (Lipinski definition) is 0. The van der Waals surface area contributed by atoms with Crippen LogP contribution in [0.1, 0.15) is 48.4 Å². The van der Waals surface area contributed by atoms with Crippen LogP contribution in [0.3, 0.4) is 0 Å². The summed E-state index contributed by atoms with van der Waals surface area (Å²) in [5, 5.41) is 0. The minimum atomic E-state index is -0.268. The van der Waals surface area contributed by atoms with Crippen LogP contribution in [0.5, 0.6) is 0 Å². The maximum atomic E-state index is 13.2. The van der Waals surface area contributed by atoms with Gasteiger partial charge in [-0.15, -0.1) is 0 Å². The average Bonchev–Trinajstić information content (AvgIpc) is 3.32. The molecule has 36 heavy (non-hydrogen) atoms. The molecule has 0 aliphatic carbocycles. The number of rotatable bonds is 6. The van der Waals surface area contributed by atoms with Crippen molar-refractivity contribution in [3.05, 3.63) is 59.4 Å². The quantitative estimate of drug-likeness (QED) is 0.466. The molecule has 2 aliphatic rings. The first-order valence-electron chi connectivity index (χ1n) is 13.0. The van der Waals surface area contributed by atoms with Crippen LogP contribution in [-0.4, -0.2) is 74.0 Å². The van der Waals surface area contributed by atoms with Gasteiger partial charge in [-0.1, -0.05) is 12.1 Å². The van der Waals surface area contributed by atoms with Gasteiger partial charge in [-0.05, 0) is 63.1 Å². The molecule has 1 atom stereocenters. The van der Waals surface area contributed by atoms with Crippen LogP contribution in [-0.2, 0) is 14.2 Å². The van der Waals surface area contributed by atoms with Gasteiger partial charge in [-0.3, -0.25) is 4.90 Å². The van der Waals surface area contributed by atoms with Gasteiger partial charge in [-0.2, -0.15) is 0 Å². The molecule has 192 valence electrons. The molecule has 0 radical (unpaired) electrons. The first kappa shape index (κ1) is 24.8. The maximum Gasteiger partial charge on any atom is 0.338 e. The molecule has 3 aromatic rings. The van der Waals surface area contributed by atoms with E-state index in [2.05, 4.69) is 57.7 Å². The van der Waals surface area contributed by atoms with Crippen LogP contribution in [0.15, 0.2) is 42.6 Å². The summed E-state index contributed by atoms with van der Waals surface area (Å²) in [6.07, 6.45) is 1.96. The smallest absolute Gasteiger partial charge is 0.338 e. The van der Waals surface area contributed by atoms with Gasteiger partial charge in [0.05, 0.1) is 43.6 Å². The molecular formula is C29H37N3O4. The number of morpholine rings is 2. The fraction of sp³-hybridized carbons (Fsp3) is 0.483. The molecule has 0 spiro atoms. The van der Waals surface area contributed by atoms with Gasteiger partial charge in [0.15, 0.2) is 0 Å². The highest BCUT2D eigenvalue weighted by atomic mass is 16.5. The van der Waals surface area contributed by atoms with Gasteiger partial charge in [0.1, 0.15) is 0 Å². The summed E-state index contributed by atoms with van der Waals surface area (Å²) < 4.78 is 19.0. The second-order valence-corrected chi connectivity index (χ2v) is 9.98. The maximum absolute atomic E-state index is 13.2. The second kappa shape index (κ2) is 10.6. The van der Waals surface area contributed by atoms with Crippen molar-refractivity contribution < 1.29 is 19.0 Å². The Balaban J connectivity index is 1.58. The third-order valence-electron chi connectivity index (χ3n) is 7.36. The summed E-state index contributed by atoms with van der Waals surface area (Å²) in [6, 6.07) is 13.0. The van der Waals surface area contributed by atoms with Crippen molar-refractivity contribution >= 4 is 17.2 Å². The Bertz CT molecular complexity index is 1210. The fourth-order valence-corrected chi connectivity index (χ4v) is 5.42. The molecule has 0 amide bonds. The summed E-state index contributed by atoms with van der Waals surface area (Å²) in [7, 11) is 0. The molecule has 1 aromatic carbocycles. The molecule has 0 N–H and O–H groups in total.